The number of Topliss-reactive ketones (excluding diaryl/α,β-unsaturated/α-hetero) is 1. The lowest BCUT2D eigenvalue weighted by atomic mass is 9.95. The van der Waals surface area contributed by atoms with E-state index in [9.17, 15) is 4.79 Å². The van der Waals surface area contributed by atoms with Crippen molar-refractivity contribution in [1.82, 2.24) is 14.8 Å². The Morgan fingerprint density at radius 1 is 1.06 bits per heavy atom. The lowest BCUT2D eigenvalue weighted by Crippen LogP contribution is -2.15. The molecule has 2 aromatic carbocycles. The molecule has 0 atom stereocenters. The van der Waals surface area contributed by atoms with E-state index in [2.05, 4.69) is 21.7 Å². The largest absolute Gasteiger partial charge is 0.299 e. The van der Waals surface area contributed by atoms with E-state index < -0.39 is 0 Å². The lowest BCUT2D eigenvalue weighted by Gasteiger charge is -2.25. The van der Waals surface area contributed by atoms with Crippen LogP contribution in [0.3, 0.4) is 0 Å². The Bertz CT molecular complexity index is 1060. The maximum absolute atomic E-state index is 12.8. The fourth-order valence-electron chi connectivity index (χ4n) is 4.04. The third-order valence-electron chi connectivity index (χ3n) is 5.79. The molecule has 0 spiro atoms. The molecule has 31 heavy (non-hydrogen) atoms. The second-order valence-corrected chi connectivity index (χ2v) is 9.64. The van der Waals surface area contributed by atoms with E-state index in [1.165, 1.54) is 36.6 Å². The van der Waals surface area contributed by atoms with Crippen molar-refractivity contribution in [3.05, 3.63) is 63.6 Å². The zero-order chi connectivity index (χ0) is 21.8. The minimum absolute atomic E-state index is 0.0944. The van der Waals surface area contributed by atoms with E-state index in [4.69, 9.17) is 23.2 Å². The van der Waals surface area contributed by atoms with Gasteiger partial charge in [-0.15, -0.1) is 10.2 Å². The molecular weight excluding hydrogens is 449 g/mol. The number of hydrogen-bond donors (Lipinski definition) is 0. The SMILES string of the molecule is CCc1ccc(C(=O)CSc2nnc(-c3ccc(Cl)cc3Cl)n2C2CCCCC2)cc1. The normalized spacial score (nSPS) is 14.7. The third-order valence-corrected chi connectivity index (χ3v) is 7.28. The molecule has 7 heteroatoms. The number of halogens is 2. The average Bonchev–Trinajstić information content (AvgIpc) is 3.21. The molecule has 1 saturated carbocycles. The van der Waals surface area contributed by atoms with Gasteiger partial charge in [0.05, 0.1) is 10.8 Å². The molecule has 162 valence electrons. The number of benzene rings is 2. The monoisotopic (exact) mass is 473 g/mol. The van der Waals surface area contributed by atoms with E-state index in [-0.39, 0.29) is 5.78 Å². The van der Waals surface area contributed by atoms with Gasteiger partial charge in [-0.3, -0.25) is 9.36 Å². The van der Waals surface area contributed by atoms with Crippen LogP contribution >= 0.6 is 35.0 Å². The van der Waals surface area contributed by atoms with Crippen LogP contribution < -0.4 is 0 Å². The van der Waals surface area contributed by atoms with Crippen LogP contribution in [0.15, 0.2) is 47.6 Å². The molecule has 4 nitrogen and oxygen atoms in total. The highest BCUT2D eigenvalue weighted by molar-refractivity contribution is 7.99. The Labute approximate surface area is 197 Å². The predicted octanol–water partition coefficient (Wildman–Crippen LogP) is 7.29. The van der Waals surface area contributed by atoms with Crippen molar-refractivity contribution in [2.24, 2.45) is 0 Å². The number of rotatable bonds is 7. The molecule has 3 aromatic rings. The molecule has 1 heterocycles. The van der Waals surface area contributed by atoms with Crippen molar-refractivity contribution in [1.29, 1.82) is 0 Å². The Hall–Kier alpha value is -1.82. The first-order valence-corrected chi connectivity index (χ1v) is 12.5. The van der Waals surface area contributed by atoms with E-state index in [1.54, 1.807) is 6.07 Å². The van der Waals surface area contributed by atoms with E-state index in [0.29, 0.717) is 21.8 Å². The van der Waals surface area contributed by atoms with Crippen LogP contribution in [0.1, 0.15) is 61.0 Å². The fourth-order valence-corrected chi connectivity index (χ4v) is 5.43. The van der Waals surface area contributed by atoms with Crippen LogP contribution in [0.4, 0.5) is 0 Å². The van der Waals surface area contributed by atoms with Crippen molar-refractivity contribution in [3.63, 3.8) is 0 Å². The molecule has 0 unspecified atom stereocenters. The standard InChI is InChI=1S/C24H25Cl2N3OS/c1-2-16-8-10-17(11-9-16)22(30)15-31-24-28-27-23(20-13-12-18(25)14-21(20)26)29(24)19-6-4-3-5-7-19/h8-14,19H,2-7,15H2,1H3. The summed E-state index contributed by atoms with van der Waals surface area (Å²) in [5.74, 6) is 1.16. The summed E-state index contributed by atoms with van der Waals surface area (Å²) in [7, 11) is 0. The summed E-state index contributed by atoms with van der Waals surface area (Å²) in [6.45, 7) is 2.11. The number of ketones is 1. The first-order valence-electron chi connectivity index (χ1n) is 10.7. The molecule has 0 aliphatic heterocycles. The highest BCUT2D eigenvalue weighted by atomic mass is 35.5. The van der Waals surface area contributed by atoms with Gasteiger partial charge in [-0.2, -0.15) is 0 Å². The molecule has 0 N–H and O–H groups in total. The molecule has 0 radical (unpaired) electrons. The Morgan fingerprint density at radius 3 is 2.48 bits per heavy atom. The van der Waals surface area contributed by atoms with Crippen LogP contribution in [0.5, 0.6) is 0 Å². The zero-order valence-corrected chi connectivity index (χ0v) is 19.8. The molecule has 0 saturated heterocycles. The maximum Gasteiger partial charge on any atom is 0.192 e. The van der Waals surface area contributed by atoms with Crippen molar-refractivity contribution in [2.45, 2.75) is 56.6 Å². The van der Waals surface area contributed by atoms with Crippen LogP contribution in [-0.4, -0.2) is 26.3 Å². The lowest BCUT2D eigenvalue weighted by molar-refractivity contribution is 0.102. The zero-order valence-electron chi connectivity index (χ0n) is 17.5. The van der Waals surface area contributed by atoms with Gasteiger partial charge in [0.1, 0.15) is 0 Å². The minimum atomic E-state index is 0.0944. The molecule has 1 aromatic heterocycles. The van der Waals surface area contributed by atoms with Crippen molar-refractivity contribution in [3.8, 4) is 11.4 Å². The van der Waals surface area contributed by atoms with Gasteiger partial charge >= 0.3 is 0 Å². The average molecular weight is 474 g/mol. The van der Waals surface area contributed by atoms with Gasteiger partial charge in [-0.1, -0.05) is 85.4 Å². The molecule has 1 aliphatic rings. The summed E-state index contributed by atoms with van der Waals surface area (Å²) in [6.07, 6.45) is 6.74. The van der Waals surface area contributed by atoms with Gasteiger partial charge in [0.15, 0.2) is 16.8 Å². The van der Waals surface area contributed by atoms with E-state index >= 15 is 0 Å². The van der Waals surface area contributed by atoms with E-state index in [0.717, 1.165) is 41.4 Å². The molecule has 4 rings (SSSR count). The second kappa shape index (κ2) is 10.2. The second-order valence-electron chi connectivity index (χ2n) is 7.85. The smallest absolute Gasteiger partial charge is 0.192 e. The van der Waals surface area contributed by atoms with Crippen LogP contribution in [-0.2, 0) is 6.42 Å². The first kappa shape index (κ1) is 22.4. The number of carbonyl (C=O) groups is 1. The van der Waals surface area contributed by atoms with Crippen molar-refractivity contribution in [2.75, 3.05) is 5.75 Å². The Balaban J connectivity index is 1.60. The van der Waals surface area contributed by atoms with Crippen molar-refractivity contribution >= 4 is 40.7 Å². The number of nitrogens with zero attached hydrogens (tertiary/aromatic N) is 3. The number of aromatic nitrogens is 3. The highest BCUT2D eigenvalue weighted by Crippen LogP contribution is 2.38. The number of thioether (sulfide) groups is 1. The Morgan fingerprint density at radius 2 is 1.81 bits per heavy atom. The summed E-state index contributed by atoms with van der Waals surface area (Å²) in [5.41, 5.74) is 2.78. The maximum atomic E-state index is 12.8. The molecular formula is C24H25Cl2N3OS. The summed E-state index contributed by atoms with van der Waals surface area (Å²) in [5, 5.41) is 10.9. The quantitative estimate of drug-likeness (QED) is 0.266. The van der Waals surface area contributed by atoms with Gasteiger partial charge in [0.2, 0.25) is 0 Å². The van der Waals surface area contributed by atoms with E-state index in [1.807, 2.05) is 36.4 Å². The first-order chi connectivity index (χ1) is 15.1. The summed E-state index contributed by atoms with van der Waals surface area (Å²) in [4.78, 5) is 12.8. The molecule has 0 bridgehead atoms. The number of carbonyl (C=O) groups excluding carboxylic acids is 1. The van der Waals surface area contributed by atoms with Gasteiger partial charge in [-0.25, -0.2) is 0 Å². The predicted molar refractivity (Wildman–Crippen MR) is 128 cm³/mol. The molecule has 0 amide bonds. The molecule has 1 fully saturated rings. The van der Waals surface area contributed by atoms with Gasteiger partial charge in [-0.05, 0) is 43.0 Å². The highest BCUT2D eigenvalue weighted by Gasteiger charge is 2.25. The van der Waals surface area contributed by atoms with Crippen LogP contribution in [0, 0.1) is 0 Å². The summed E-state index contributed by atoms with van der Waals surface area (Å²) >= 11 is 14.0. The van der Waals surface area contributed by atoms with Crippen LogP contribution in [0.25, 0.3) is 11.4 Å². The summed E-state index contributed by atoms with van der Waals surface area (Å²) < 4.78 is 2.19. The summed E-state index contributed by atoms with van der Waals surface area (Å²) in [6, 6.07) is 13.6. The topological polar surface area (TPSA) is 47.8 Å². The minimum Gasteiger partial charge on any atom is -0.299 e. The van der Waals surface area contributed by atoms with Crippen molar-refractivity contribution < 1.29 is 4.79 Å². The third kappa shape index (κ3) is 5.16. The molecule has 1 aliphatic carbocycles. The van der Waals surface area contributed by atoms with Gasteiger partial charge in [0.25, 0.3) is 0 Å². The number of aryl methyl sites for hydroxylation is 1. The fraction of sp³-hybridized carbons (Fsp3) is 0.375. The number of hydrogen-bond acceptors (Lipinski definition) is 4. The van der Waals surface area contributed by atoms with Gasteiger partial charge < -0.3 is 0 Å². The van der Waals surface area contributed by atoms with Gasteiger partial charge in [0, 0.05) is 22.2 Å². The Kier molecular flexibility index (Phi) is 7.36. The van der Waals surface area contributed by atoms with Crippen LogP contribution in [0.2, 0.25) is 10.0 Å².